The van der Waals surface area contributed by atoms with E-state index in [0.717, 1.165) is 43.9 Å². The van der Waals surface area contributed by atoms with Crippen molar-refractivity contribution < 1.29 is 44.3 Å². The molecule has 1 atom stereocenters. The van der Waals surface area contributed by atoms with Crippen molar-refractivity contribution in [2.24, 2.45) is 11.7 Å². The van der Waals surface area contributed by atoms with E-state index in [2.05, 4.69) is 4.90 Å². The van der Waals surface area contributed by atoms with E-state index in [1.54, 1.807) is 6.07 Å². The van der Waals surface area contributed by atoms with Crippen molar-refractivity contribution in [3.8, 4) is 5.75 Å². The zero-order valence-electron chi connectivity index (χ0n) is 19.6. The molecule has 1 aromatic rings. The van der Waals surface area contributed by atoms with Gasteiger partial charge in [0.2, 0.25) is 0 Å². The van der Waals surface area contributed by atoms with Gasteiger partial charge in [-0.25, -0.2) is 19.2 Å². The molecule has 6 N–H and O–H groups in total. The van der Waals surface area contributed by atoms with E-state index in [9.17, 15) is 19.2 Å². The number of nitrogens with zero attached hydrogens (tertiary/aromatic N) is 1. The predicted octanol–water partition coefficient (Wildman–Crippen LogP) is 2.64. The Kier molecular flexibility index (Phi) is 16.6. The fourth-order valence-electron chi connectivity index (χ4n) is 2.96. The lowest BCUT2D eigenvalue weighted by molar-refractivity contribution is -0.134. The number of rotatable bonds is 10. The van der Waals surface area contributed by atoms with Gasteiger partial charge in [-0.05, 0) is 50.9 Å². The second kappa shape index (κ2) is 18.2. The number of carboxylic acids is 4. The summed E-state index contributed by atoms with van der Waals surface area (Å²) in [5, 5.41) is 32.5. The van der Waals surface area contributed by atoms with E-state index in [0.29, 0.717) is 46.9 Å². The lowest BCUT2D eigenvalue weighted by Crippen LogP contribution is -2.25. The number of carbonyl (C=O) groups is 4. The van der Waals surface area contributed by atoms with Crippen LogP contribution in [-0.2, 0) is 25.6 Å². The first kappa shape index (κ1) is 32.9. The monoisotopic (exact) mass is 548 g/mol. The van der Waals surface area contributed by atoms with Gasteiger partial charge in [-0.1, -0.05) is 23.2 Å². The number of hydrogen-bond donors (Lipinski definition) is 5. The molecule has 0 radical (unpaired) electrons. The largest absolute Gasteiger partial charge is 0.494 e. The Bertz CT molecular complexity index is 886. The molecule has 13 heteroatoms. The minimum Gasteiger partial charge on any atom is -0.494 e. The molecule has 0 saturated carbocycles. The molecule has 1 saturated heterocycles. The van der Waals surface area contributed by atoms with Crippen LogP contribution >= 0.6 is 23.2 Å². The average molecular weight is 549 g/mol. The first-order valence-electron chi connectivity index (χ1n) is 10.7. The third-order valence-electron chi connectivity index (χ3n) is 4.57. The lowest BCUT2D eigenvalue weighted by atomic mass is 10.1. The Morgan fingerprint density at radius 3 is 1.89 bits per heavy atom. The quantitative estimate of drug-likeness (QED) is 0.270. The van der Waals surface area contributed by atoms with Crippen LogP contribution in [-0.4, -0.2) is 82.0 Å². The number of nitrogens with two attached hydrogens (primary N) is 1. The molecular weight excluding hydrogens is 519 g/mol. The molecule has 1 aliphatic heterocycles. The second-order valence-corrected chi connectivity index (χ2v) is 8.02. The van der Waals surface area contributed by atoms with Gasteiger partial charge in [0.25, 0.3) is 0 Å². The maximum absolute atomic E-state index is 9.55. The average Bonchev–Trinajstić information content (AvgIpc) is 3.27. The molecule has 1 aromatic carbocycles. The summed E-state index contributed by atoms with van der Waals surface area (Å²) in [6.45, 7) is 6.54. The van der Waals surface area contributed by atoms with Crippen LogP contribution in [0.5, 0.6) is 5.75 Å². The zero-order valence-corrected chi connectivity index (χ0v) is 21.1. The number of hydrogen-bond acceptors (Lipinski definition) is 7. The summed E-state index contributed by atoms with van der Waals surface area (Å²) in [5.74, 6) is -3.55. The van der Waals surface area contributed by atoms with Gasteiger partial charge < -0.3 is 35.8 Å². The summed E-state index contributed by atoms with van der Waals surface area (Å²) in [4.78, 5) is 40.6. The molecule has 0 spiro atoms. The maximum atomic E-state index is 9.55. The van der Waals surface area contributed by atoms with E-state index < -0.39 is 23.9 Å². The Hall–Kier alpha value is -3.12. The smallest absolute Gasteiger partial charge is 0.328 e. The van der Waals surface area contributed by atoms with Crippen LogP contribution in [0.25, 0.3) is 0 Å². The van der Waals surface area contributed by atoms with Crippen molar-refractivity contribution in [1.29, 1.82) is 0 Å². The Balaban J connectivity index is 0.000000634. The van der Waals surface area contributed by atoms with Crippen molar-refractivity contribution in [2.45, 2.75) is 19.8 Å². The molecule has 0 aliphatic carbocycles. The van der Waals surface area contributed by atoms with Crippen molar-refractivity contribution in [3.63, 3.8) is 0 Å². The minimum absolute atomic E-state index is 0.558. The molecule has 0 aromatic heterocycles. The van der Waals surface area contributed by atoms with E-state index in [1.165, 1.54) is 6.42 Å². The molecule has 200 valence electrons. The Morgan fingerprint density at radius 2 is 1.50 bits per heavy atom. The number of likely N-dealkylation sites (tertiary alicyclic amines) is 1. The number of carboxylic acid groups (broad SMARTS) is 4. The topological polar surface area (TPSA) is 188 Å². The van der Waals surface area contributed by atoms with Gasteiger partial charge in [-0.15, -0.1) is 0 Å². The molecule has 0 bridgehead atoms. The van der Waals surface area contributed by atoms with E-state index in [1.807, 2.05) is 13.0 Å². The number of benzene rings is 1. The Labute approximate surface area is 218 Å². The van der Waals surface area contributed by atoms with E-state index in [4.69, 9.17) is 54.1 Å². The second-order valence-electron chi connectivity index (χ2n) is 7.23. The van der Waals surface area contributed by atoms with Gasteiger partial charge >= 0.3 is 23.9 Å². The van der Waals surface area contributed by atoms with E-state index in [-0.39, 0.29) is 0 Å². The van der Waals surface area contributed by atoms with Gasteiger partial charge in [-0.2, -0.15) is 0 Å². The fraction of sp³-hybridized carbons (Fsp3) is 0.391. The molecular formula is C23H30Cl2N2O9. The lowest BCUT2D eigenvalue weighted by Gasteiger charge is -2.18. The summed E-state index contributed by atoms with van der Waals surface area (Å²) in [6.07, 6.45) is 4.28. The highest BCUT2D eigenvalue weighted by Crippen LogP contribution is 2.33. The predicted molar refractivity (Wildman–Crippen MR) is 134 cm³/mol. The standard InChI is InChI=1S/C15H22Cl2N2O.2C4H4O4/c1-2-20-14-4-3-13(16)15(17)12(14)6-8-19-7-5-11(9-18)10-19;2*5-3(6)1-2-4(7)8/h3-4,11H,2,5-10,18H2,1H3;2*1-2H,(H,5,6)(H,7,8)/b;2*2-1+/t11-;;/m0../s1. The van der Waals surface area contributed by atoms with E-state index >= 15 is 0 Å². The maximum Gasteiger partial charge on any atom is 0.328 e. The van der Waals surface area contributed by atoms with Crippen molar-refractivity contribution in [3.05, 3.63) is 52.0 Å². The van der Waals surface area contributed by atoms with Gasteiger partial charge in [-0.3, -0.25) is 0 Å². The van der Waals surface area contributed by atoms with Crippen molar-refractivity contribution in [2.75, 3.05) is 32.8 Å². The number of halogens is 2. The highest BCUT2D eigenvalue weighted by molar-refractivity contribution is 6.42. The molecule has 1 aliphatic rings. The van der Waals surface area contributed by atoms with Crippen LogP contribution in [0.2, 0.25) is 10.0 Å². The van der Waals surface area contributed by atoms with Crippen LogP contribution in [0, 0.1) is 5.92 Å². The molecule has 0 unspecified atom stereocenters. The SMILES string of the molecule is CCOc1ccc(Cl)c(Cl)c1CCN1CC[C@@H](CN)C1.O=C(O)/C=C/C(=O)O.O=C(O)/C=C/C(=O)O. The summed E-state index contributed by atoms with van der Waals surface area (Å²) in [7, 11) is 0. The first-order chi connectivity index (χ1) is 16.9. The number of aliphatic carboxylic acids is 4. The highest BCUT2D eigenvalue weighted by atomic mass is 35.5. The Morgan fingerprint density at radius 1 is 1.00 bits per heavy atom. The summed E-state index contributed by atoms with van der Waals surface area (Å²) in [5.41, 5.74) is 6.74. The fourth-order valence-corrected chi connectivity index (χ4v) is 3.39. The molecule has 36 heavy (non-hydrogen) atoms. The molecule has 11 nitrogen and oxygen atoms in total. The van der Waals surface area contributed by atoms with Crippen molar-refractivity contribution in [1.82, 2.24) is 4.90 Å². The molecule has 1 heterocycles. The van der Waals surface area contributed by atoms with Crippen LogP contribution in [0.1, 0.15) is 18.9 Å². The third kappa shape index (κ3) is 15.0. The van der Waals surface area contributed by atoms with Gasteiger partial charge in [0, 0.05) is 43.0 Å². The minimum atomic E-state index is -1.26. The third-order valence-corrected chi connectivity index (χ3v) is 5.41. The van der Waals surface area contributed by atoms with Crippen LogP contribution in [0.3, 0.4) is 0 Å². The van der Waals surface area contributed by atoms with Crippen LogP contribution in [0.4, 0.5) is 0 Å². The van der Waals surface area contributed by atoms with Crippen LogP contribution < -0.4 is 10.5 Å². The molecule has 0 amide bonds. The molecule has 2 rings (SSSR count). The van der Waals surface area contributed by atoms with Crippen LogP contribution in [0.15, 0.2) is 36.4 Å². The van der Waals surface area contributed by atoms with Gasteiger partial charge in [0.15, 0.2) is 0 Å². The molecule has 1 fully saturated rings. The number of ether oxygens (including phenoxy) is 1. The van der Waals surface area contributed by atoms with Gasteiger partial charge in [0.1, 0.15) is 5.75 Å². The summed E-state index contributed by atoms with van der Waals surface area (Å²) in [6, 6.07) is 3.69. The summed E-state index contributed by atoms with van der Waals surface area (Å²) < 4.78 is 5.65. The zero-order chi connectivity index (χ0) is 27.7. The highest BCUT2D eigenvalue weighted by Gasteiger charge is 2.22. The first-order valence-corrected chi connectivity index (χ1v) is 11.5. The van der Waals surface area contributed by atoms with Gasteiger partial charge in [0.05, 0.1) is 16.7 Å². The normalized spacial score (nSPS) is 15.1. The summed E-state index contributed by atoms with van der Waals surface area (Å²) >= 11 is 12.4. The van der Waals surface area contributed by atoms with Crippen molar-refractivity contribution >= 4 is 47.1 Å².